The van der Waals surface area contributed by atoms with Crippen molar-refractivity contribution in [1.29, 1.82) is 0 Å². The number of aromatic nitrogens is 1. The third-order valence-corrected chi connectivity index (χ3v) is 6.80. The largest absolute Gasteiger partial charge is 0.507 e. The molecule has 196 valence electrons. The molecule has 1 amide bonds. The Hall–Kier alpha value is -4.53. The number of methoxy groups -OCH3 is 3. The molecule has 0 aliphatic carbocycles. The van der Waals surface area contributed by atoms with Crippen LogP contribution in [0.5, 0.6) is 23.0 Å². The predicted molar refractivity (Wildman–Crippen MR) is 138 cm³/mol. The van der Waals surface area contributed by atoms with E-state index >= 15 is 0 Å². The first kappa shape index (κ1) is 25.1. The van der Waals surface area contributed by atoms with Crippen molar-refractivity contribution in [3.8, 4) is 23.0 Å². The number of amides is 1. The summed E-state index contributed by atoms with van der Waals surface area (Å²) in [5, 5.41) is 11.5. The van der Waals surface area contributed by atoms with Crippen LogP contribution in [0.15, 0.2) is 60.4 Å². The van der Waals surface area contributed by atoms with Gasteiger partial charge < -0.3 is 29.0 Å². The van der Waals surface area contributed by atoms with Crippen LogP contribution in [0.2, 0.25) is 0 Å². The number of carbonyl (C=O) groups is 2. The molecule has 0 radical (unpaired) electrons. The first-order valence-electron chi connectivity index (χ1n) is 12.2. The van der Waals surface area contributed by atoms with E-state index in [0.29, 0.717) is 35.0 Å². The van der Waals surface area contributed by atoms with Gasteiger partial charge in [0.2, 0.25) is 5.75 Å². The van der Waals surface area contributed by atoms with Crippen LogP contribution in [0.3, 0.4) is 0 Å². The van der Waals surface area contributed by atoms with Crippen molar-refractivity contribution in [3.05, 3.63) is 82.7 Å². The van der Waals surface area contributed by atoms with Gasteiger partial charge in [0, 0.05) is 24.5 Å². The number of carbonyl (C=O) groups excluding carboxylic acids is 2. The maximum atomic E-state index is 13.5. The molecule has 1 unspecified atom stereocenters. The van der Waals surface area contributed by atoms with Gasteiger partial charge in [0.25, 0.3) is 11.7 Å². The number of fused-ring (bicyclic) bond motifs is 1. The number of nitrogens with zero attached hydrogens (tertiary/aromatic N) is 2. The van der Waals surface area contributed by atoms with Crippen LogP contribution < -0.4 is 18.9 Å². The summed E-state index contributed by atoms with van der Waals surface area (Å²) in [5.74, 6) is 0.0851. The van der Waals surface area contributed by atoms with Gasteiger partial charge in [-0.05, 0) is 65.9 Å². The van der Waals surface area contributed by atoms with Crippen LogP contribution in [-0.2, 0) is 22.6 Å². The highest BCUT2D eigenvalue weighted by molar-refractivity contribution is 6.46. The van der Waals surface area contributed by atoms with Gasteiger partial charge in [-0.15, -0.1) is 0 Å². The number of ketones is 1. The van der Waals surface area contributed by atoms with Gasteiger partial charge in [0.05, 0.1) is 39.6 Å². The van der Waals surface area contributed by atoms with E-state index in [0.717, 1.165) is 29.7 Å². The molecular formula is C29H28N2O7. The molecule has 1 saturated heterocycles. The fourth-order valence-electron chi connectivity index (χ4n) is 5.00. The lowest BCUT2D eigenvalue weighted by Gasteiger charge is -2.26. The van der Waals surface area contributed by atoms with Crippen molar-refractivity contribution in [2.75, 3.05) is 27.9 Å². The van der Waals surface area contributed by atoms with E-state index in [4.69, 9.17) is 18.9 Å². The second-order valence-corrected chi connectivity index (χ2v) is 9.02. The van der Waals surface area contributed by atoms with Crippen LogP contribution in [0.25, 0.3) is 5.76 Å². The number of aryl methyl sites for hydroxylation is 1. The first-order chi connectivity index (χ1) is 18.5. The fourth-order valence-corrected chi connectivity index (χ4v) is 5.00. The van der Waals surface area contributed by atoms with Crippen molar-refractivity contribution in [3.63, 3.8) is 0 Å². The second-order valence-electron chi connectivity index (χ2n) is 9.02. The number of rotatable bonds is 7. The van der Waals surface area contributed by atoms with E-state index in [1.807, 2.05) is 12.1 Å². The number of Topliss-reactive ketones (excluding diaryl/α,β-unsaturated/α-hetero) is 1. The molecule has 0 bridgehead atoms. The molecule has 1 atom stereocenters. The predicted octanol–water partition coefficient (Wildman–Crippen LogP) is 4.05. The molecule has 0 spiro atoms. The molecule has 2 aromatic carbocycles. The normalized spacial score (nSPS) is 18.1. The number of pyridine rings is 1. The van der Waals surface area contributed by atoms with Crippen LogP contribution in [-0.4, -0.2) is 54.6 Å². The lowest BCUT2D eigenvalue weighted by atomic mass is 9.93. The van der Waals surface area contributed by atoms with Gasteiger partial charge in [-0.2, -0.15) is 0 Å². The van der Waals surface area contributed by atoms with Crippen molar-refractivity contribution in [1.82, 2.24) is 9.88 Å². The minimum atomic E-state index is -0.920. The van der Waals surface area contributed by atoms with E-state index in [1.165, 1.54) is 26.2 Å². The van der Waals surface area contributed by atoms with Crippen molar-refractivity contribution >= 4 is 17.4 Å². The Balaban J connectivity index is 1.70. The average molecular weight is 517 g/mol. The Morgan fingerprint density at radius 3 is 2.50 bits per heavy atom. The van der Waals surface area contributed by atoms with Gasteiger partial charge >= 0.3 is 0 Å². The second kappa shape index (κ2) is 10.5. The van der Waals surface area contributed by atoms with E-state index in [1.54, 1.807) is 42.7 Å². The van der Waals surface area contributed by atoms with E-state index in [-0.39, 0.29) is 17.9 Å². The lowest BCUT2D eigenvalue weighted by molar-refractivity contribution is -0.140. The summed E-state index contributed by atoms with van der Waals surface area (Å²) in [4.78, 5) is 32.5. The smallest absolute Gasteiger partial charge is 0.295 e. The topological polar surface area (TPSA) is 107 Å². The SMILES string of the molecule is COc1cc(C2/C(=C(\O)c3ccc4c(c3)CCCO4)C(=O)C(=O)N2Cc2cccnc2)cc(OC)c1OC. The monoisotopic (exact) mass is 516 g/mol. The summed E-state index contributed by atoms with van der Waals surface area (Å²) < 4.78 is 22.2. The summed E-state index contributed by atoms with van der Waals surface area (Å²) in [5.41, 5.74) is 2.60. The molecule has 5 rings (SSSR count). The highest BCUT2D eigenvalue weighted by Crippen LogP contribution is 2.46. The van der Waals surface area contributed by atoms with E-state index in [9.17, 15) is 14.7 Å². The zero-order valence-electron chi connectivity index (χ0n) is 21.4. The maximum absolute atomic E-state index is 13.5. The van der Waals surface area contributed by atoms with Gasteiger partial charge in [-0.1, -0.05) is 6.07 Å². The minimum absolute atomic E-state index is 0.0233. The Morgan fingerprint density at radius 1 is 1.08 bits per heavy atom. The molecule has 3 aromatic rings. The standard InChI is InChI=1S/C29H28N2O7/c1-35-22-13-20(14-23(36-2)28(22)37-3)25-24(26(32)19-8-9-21-18(12-19)7-5-11-38-21)27(33)29(34)31(25)16-17-6-4-10-30-15-17/h4,6,8-10,12-15,25,32H,5,7,11,16H2,1-3H3/b26-24+. The van der Waals surface area contributed by atoms with Crippen molar-refractivity contribution in [2.24, 2.45) is 0 Å². The fraction of sp³-hybridized carbons (Fsp3) is 0.276. The first-order valence-corrected chi connectivity index (χ1v) is 12.2. The Bertz CT molecular complexity index is 1390. The summed E-state index contributed by atoms with van der Waals surface area (Å²) in [7, 11) is 4.47. The van der Waals surface area contributed by atoms with Gasteiger partial charge in [-0.25, -0.2) is 0 Å². The van der Waals surface area contributed by atoms with E-state index in [2.05, 4.69) is 4.98 Å². The highest BCUT2D eigenvalue weighted by atomic mass is 16.5. The summed E-state index contributed by atoms with van der Waals surface area (Å²) in [6.07, 6.45) is 4.92. The number of aliphatic hydroxyl groups is 1. The maximum Gasteiger partial charge on any atom is 0.295 e. The molecule has 1 N–H and O–H groups in total. The molecule has 1 fully saturated rings. The molecule has 2 aliphatic rings. The number of ether oxygens (including phenoxy) is 4. The molecule has 9 heteroatoms. The summed E-state index contributed by atoms with van der Waals surface area (Å²) >= 11 is 0. The van der Waals surface area contributed by atoms with Gasteiger partial charge in [0.1, 0.15) is 11.5 Å². The minimum Gasteiger partial charge on any atom is -0.507 e. The summed E-state index contributed by atoms with van der Waals surface area (Å²) in [6, 6.07) is 11.3. The molecule has 9 nitrogen and oxygen atoms in total. The molecule has 0 saturated carbocycles. The third-order valence-electron chi connectivity index (χ3n) is 6.80. The van der Waals surface area contributed by atoms with Crippen LogP contribution in [0.1, 0.15) is 34.7 Å². The molecule has 1 aromatic heterocycles. The zero-order valence-corrected chi connectivity index (χ0v) is 21.4. The molecular weight excluding hydrogens is 488 g/mol. The van der Waals surface area contributed by atoms with Crippen molar-refractivity contribution < 1.29 is 33.6 Å². The quantitative estimate of drug-likeness (QED) is 0.285. The zero-order chi connectivity index (χ0) is 26.8. The van der Waals surface area contributed by atoms with Gasteiger partial charge in [-0.3, -0.25) is 14.6 Å². The number of hydrogen-bond donors (Lipinski definition) is 1. The molecule has 3 heterocycles. The van der Waals surface area contributed by atoms with Crippen LogP contribution in [0.4, 0.5) is 0 Å². The molecule has 2 aliphatic heterocycles. The number of hydrogen-bond acceptors (Lipinski definition) is 8. The van der Waals surface area contributed by atoms with Crippen LogP contribution in [0, 0.1) is 0 Å². The van der Waals surface area contributed by atoms with Gasteiger partial charge in [0.15, 0.2) is 11.5 Å². The summed E-state index contributed by atoms with van der Waals surface area (Å²) in [6.45, 7) is 0.744. The highest BCUT2D eigenvalue weighted by Gasteiger charge is 2.46. The number of benzene rings is 2. The third kappa shape index (κ3) is 4.40. The Morgan fingerprint density at radius 2 is 1.84 bits per heavy atom. The van der Waals surface area contributed by atoms with Crippen LogP contribution >= 0.6 is 0 Å². The Labute approximate surface area is 220 Å². The lowest BCUT2D eigenvalue weighted by Crippen LogP contribution is -2.29. The molecule has 38 heavy (non-hydrogen) atoms. The average Bonchev–Trinajstić information content (AvgIpc) is 3.21. The van der Waals surface area contributed by atoms with E-state index < -0.39 is 17.7 Å². The Kier molecular flexibility index (Phi) is 6.91. The number of likely N-dealkylation sites (tertiary alicyclic amines) is 1. The number of aliphatic hydroxyl groups excluding tert-OH is 1. The van der Waals surface area contributed by atoms with Crippen molar-refractivity contribution in [2.45, 2.75) is 25.4 Å².